The number of likely N-dealkylation sites (N-methyl/N-ethyl adjacent to an activating group) is 1. The van der Waals surface area contributed by atoms with E-state index in [1.807, 2.05) is 6.07 Å². The Hall–Kier alpha value is -2.68. The molecule has 1 saturated heterocycles. The Morgan fingerprint density at radius 1 is 1.05 bits per heavy atom. The minimum Gasteiger partial charge on any atom is -0.337 e. The van der Waals surface area contributed by atoms with Crippen molar-refractivity contribution in [2.75, 3.05) is 43.9 Å². The predicted molar refractivity (Wildman–Crippen MR) is 139 cm³/mol. The van der Waals surface area contributed by atoms with Gasteiger partial charge >= 0.3 is 6.18 Å². The summed E-state index contributed by atoms with van der Waals surface area (Å²) in [4.78, 5) is 16.9. The van der Waals surface area contributed by atoms with Crippen LogP contribution in [0.15, 0.2) is 48.5 Å². The Morgan fingerprint density at radius 3 is 2.11 bits per heavy atom. The number of likely N-dealkylation sites (tertiary alicyclic amines) is 1. The molecule has 3 rings (SSSR count). The van der Waals surface area contributed by atoms with E-state index in [2.05, 4.69) is 9.62 Å². The summed E-state index contributed by atoms with van der Waals surface area (Å²) in [6, 6.07) is 11.2. The molecule has 0 spiro atoms. The molecule has 2 aromatic rings. The highest BCUT2D eigenvalue weighted by Gasteiger charge is 2.30. The lowest BCUT2D eigenvalue weighted by molar-refractivity contribution is -0.137. The third-order valence-corrected chi connectivity index (χ3v) is 6.31. The van der Waals surface area contributed by atoms with Crippen molar-refractivity contribution in [2.24, 2.45) is 0 Å². The van der Waals surface area contributed by atoms with E-state index in [-0.39, 0.29) is 18.4 Å². The van der Waals surface area contributed by atoms with Crippen LogP contribution < -0.4 is 4.72 Å². The van der Waals surface area contributed by atoms with Crippen LogP contribution in [0.25, 0.3) is 0 Å². The summed E-state index contributed by atoms with van der Waals surface area (Å²) in [5, 5.41) is 0. The minimum atomic E-state index is -4.43. The number of nitrogens with one attached hydrogen (secondary N) is 1. The lowest BCUT2D eigenvalue weighted by Crippen LogP contribution is -2.39. The van der Waals surface area contributed by atoms with Crippen molar-refractivity contribution in [1.29, 1.82) is 0 Å². The number of carbonyl (C=O) groups excluding carboxylic acids is 1. The first-order valence-corrected chi connectivity index (χ1v) is 15.3. The molecule has 0 aliphatic carbocycles. The van der Waals surface area contributed by atoms with Crippen LogP contribution in [0.4, 0.5) is 18.9 Å². The quantitative estimate of drug-likeness (QED) is 0.460. The zero-order valence-corrected chi connectivity index (χ0v) is 22.9. The van der Waals surface area contributed by atoms with Gasteiger partial charge in [-0.2, -0.15) is 21.6 Å². The molecule has 0 aromatic heterocycles. The number of hydrogen-bond donors (Lipinski definition) is 2. The Bertz CT molecular complexity index is 1290. The number of amides is 1. The van der Waals surface area contributed by atoms with Crippen molar-refractivity contribution < 1.29 is 39.4 Å². The molecule has 212 valence electrons. The van der Waals surface area contributed by atoms with Crippen LogP contribution in [-0.2, 0) is 37.5 Å². The molecule has 14 heteroatoms. The molecular formula is C24H32F3N3O6S2. The van der Waals surface area contributed by atoms with Crippen LogP contribution in [0, 0.1) is 0 Å². The lowest BCUT2D eigenvalue weighted by Gasteiger charge is -2.32. The number of hydrogen-bond acceptors (Lipinski definition) is 6. The van der Waals surface area contributed by atoms with E-state index in [1.165, 1.54) is 12.1 Å². The SMILES string of the molecule is CN(C(=O)Cc1ccc(C(F)(F)F)cc1)C(CN1CCCC1)c1cccc(NS(C)(=O)=O)c1.CS(=O)(=O)O. The summed E-state index contributed by atoms with van der Waals surface area (Å²) in [7, 11) is -5.45. The van der Waals surface area contributed by atoms with Crippen LogP contribution in [-0.4, -0.2) is 76.3 Å². The number of rotatable bonds is 8. The summed E-state index contributed by atoms with van der Waals surface area (Å²) >= 11 is 0. The van der Waals surface area contributed by atoms with Crippen LogP contribution in [0.1, 0.15) is 35.6 Å². The number of alkyl halides is 3. The van der Waals surface area contributed by atoms with Gasteiger partial charge in [0.1, 0.15) is 0 Å². The summed E-state index contributed by atoms with van der Waals surface area (Å²) < 4.78 is 90.0. The van der Waals surface area contributed by atoms with Gasteiger partial charge in [-0.3, -0.25) is 14.1 Å². The van der Waals surface area contributed by atoms with Gasteiger partial charge in [-0.15, -0.1) is 0 Å². The van der Waals surface area contributed by atoms with Gasteiger partial charge in [-0.1, -0.05) is 24.3 Å². The van der Waals surface area contributed by atoms with Crippen LogP contribution >= 0.6 is 0 Å². The zero-order valence-electron chi connectivity index (χ0n) is 21.3. The lowest BCUT2D eigenvalue weighted by atomic mass is 10.0. The molecule has 1 amide bonds. The highest BCUT2D eigenvalue weighted by molar-refractivity contribution is 7.92. The highest BCUT2D eigenvalue weighted by Crippen LogP contribution is 2.30. The van der Waals surface area contributed by atoms with E-state index in [9.17, 15) is 34.8 Å². The van der Waals surface area contributed by atoms with Gasteiger partial charge in [0.05, 0.1) is 30.5 Å². The standard InChI is InChI=1S/C23H28F3N3O3S.CH4O3S/c1-28(22(30)14-17-8-10-19(11-9-17)23(24,25)26)21(16-29-12-3-4-13-29)18-6-5-7-20(15-18)27-33(2,31)32;1-5(2,3)4/h5-11,15,21,27H,3-4,12-14,16H2,1-2H3;1H3,(H,2,3,4). The third-order valence-electron chi connectivity index (χ3n) is 5.70. The van der Waals surface area contributed by atoms with Gasteiger partial charge in [-0.25, -0.2) is 8.42 Å². The van der Waals surface area contributed by atoms with Gasteiger partial charge in [0, 0.05) is 19.3 Å². The maximum absolute atomic E-state index is 13.1. The second kappa shape index (κ2) is 12.9. The molecule has 9 nitrogen and oxygen atoms in total. The van der Waals surface area contributed by atoms with Gasteiger partial charge in [0.15, 0.2) is 0 Å². The summed E-state index contributed by atoms with van der Waals surface area (Å²) in [5.41, 5.74) is 0.922. The second-order valence-electron chi connectivity index (χ2n) is 9.13. The van der Waals surface area contributed by atoms with E-state index in [0.29, 0.717) is 24.1 Å². The smallest absolute Gasteiger partial charge is 0.337 e. The molecule has 0 radical (unpaired) electrons. The number of carbonyl (C=O) groups is 1. The molecule has 38 heavy (non-hydrogen) atoms. The zero-order chi connectivity index (χ0) is 28.7. The first-order chi connectivity index (χ1) is 17.4. The molecule has 1 aliphatic rings. The first kappa shape index (κ1) is 31.5. The van der Waals surface area contributed by atoms with Crippen LogP contribution in [0.2, 0.25) is 0 Å². The van der Waals surface area contributed by atoms with Crippen molar-refractivity contribution in [3.63, 3.8) is 0 Å². The number of nitrogens with zero attached hydrogens (tertiary/aromatic N) is 2. The monoisotopic (exact) mass is 579 g/mol. The number of halogens is 3. The third kappa shape index (κ3) is 11.4. The average molecular weight is 580 g/mol. The van der Waals surface area contributed by atoms with Gasteiger partial charge < -0.3 is 9.80 Å². The Morgan fingerprint density at radius 2 is 1.61 bits per heavy atom. The summed E-state index contributed by atoms with van der Waals surface area (Å²) in [6.07, 6.45) is -0.525. The fourth-order valence-electron chi connectivity index (χ4n) is 3.97. The van der Waals surface area contributed by atoms with Crippen molar-refractivity contribution in [3.8, 4) is 0 Å². The van der Waals surface area contributed by atoms with E-state index in [4.69, 9.17) is 4.55 Å². The number of benzene rings is 2. The Balaban J connectivity index is 0.000000926. The van der Waals surface area contributed by atoms with E-state index >= 15 is 0 Å². The molecule has 0 bridgehead atoms. The number of sulfonamides is 1. The van der Waals surface area contributed by atoms with E-state index in [1.54, 1.807) is 30.1 Å². The topological polar surface area (TPSA) is 124 Å². The largest absolute Gasteiger partial charge is 0.416 e. The molecule has 1 aliphatic heterocycles. The van der Waals surface area contributed by atoms with Crippen LogP contribution in [0.3, 0.4) is 0 Å². The van der Waals surface area contributed by atoms with Crippen molar-refractivity contribution in [2.45, 2.75) is 31.5 Å². The highest BCUT2D eigenvalue weighted by atomic mass is 32.2. The maximum atomic E-state index is 13.1. The fourth-order valence-corrected chi connectivity index (χ4v) is 4.52. The van der Waals surface area contributed by atoms with Gasteiger partial charge in [0.25, 0.3) is 10.1 Å². The van der Waals surface area contributed by atoms with Crippen molar-refractivity contribution in [1.82, 2.24) is 9.80 Å². The molecule has 2 N–H and O–H groups in total. The molecule has 1 fully saturated rings. The molecule has 1 unspecified atom stereocenters. The first-order valence-electron chi connectivity index (χ1n) is 11.6. The average Bonchev–Trinajstić information content (AvgIpc) is 3.28. The summed E-state index contributed by atoms with van der Waals surface area (Å²) in [6.45, 7) is 2.41. The molecule has 1 atom stereocenters. The van der Waals surface area contributed by atoms with Crippen molar-refractivity contribution >= 4 is 31.7 Å². The Labute approximate surface area is 221 Å². The second-order valence-corrected chi connectivity index (χ2v) is 12.3. The maximum Gasteiger partial charge on any atom is 0.416 e. The predicted octanol–water partition coefficient (Wildman–Crippen LogP) is 3.42. The molecular weight excluding hydrogens is 547 g/mol. The number of anilines is 1. The molecule has 0 saturated carbocycles. The van der Waals surface area contributed by atoms with Crippen molar-refractivity contribution in [3.05, 3.63) is 65.2 Å². The van der Waals surface area contributed by atoms with Gasteiger partial charge in [0.2, 0.25) is 15.9 Å². The normalized spacial score (nSPS) is 15.3. The van der Waals surface area contributed by atoms with E-state index in [0.717, 1.165) is 49.9 Å². The van der Waals surface area contributed by atoms with Gasteiger partial charge in [-0.05, 0) is 61.3 Å². The molecule has 1 heterocycles. The van der Waals surface area contributed by atoms with Crippen LogP contribution in [0.5, 0.6) is 0 Å². The fraction of sp³-hybridized carbons (Fsp3) is 0.458. The molecule has 2 aromatic carbocycles. The Kier molecular flexibility index (Phi) is 10.7. The minimum absolute atomic E-state index is 0.0353. The summed E-state index contributed by atoms with van der Waals surface area (Å²) in [5.74, 6) is -0.236. The van der Waals surface area contributed by atoms with E-state index < -0.39 is 31.9 Å².